The summed E-state index contributed by atoms with van der Waals surface area (Å²) in [5.74, 6) is 0. The molecule has 7 heavy (non-hydrogen) atoms. The van der Waals surface area contributed by atoms with Gasteiger partial charge in [-0.05, 0) is 6.92 Å². The number of halogens is 2. The zero-order valence-electron chi connectivity index (χ0n) is 3.74. The first-order valence-corrected chi connectivity index (χ1v) is 2.41. The van der Waals surface area contributed by atoms with Gasteiger partial charge in [0.15, 0.2) is 0 Å². The third kappa shape index (κ3) is 2.66. The molecule has 0 atom stereocenters. The first-order valence-electron chi connectivity index (χ1n) is 1.65. The van der Waals surface area contributed by atoms with E-state index in [0.29, 0.717) is 11.9 Å². The minimum Gasteiger partial charge on any atom is -0.298 e. The van der Waals surface area contributed by atoms with Crippen LogP contribution in [0, 0.1) is 0 Å². The number of carbonyl (C=O) groups is 1. The molecule has 0 fully saturated rings. The molecule has 0 amide bonds. The Kier molecular flexibility index (Phi) is 3.05. The molecule has 40 valence electrons. The summed E-state index contributed by atoms with van der Waals surface area (Å²) in [6.07, 6.45) is 0.606. The van der Waals surface area contributed by atoms with Gasteiger partial charge in [0.25, 0.3) is 0 Å². The van der Waals surface area contributed by atoms with Crippen LogP contribution in [0.1, 0.15) is 6.92 Å². The van der Waals surface area contributed by atoms with Crippen LogP contribution in [0.2, 0.25) is 0 Å². The summed E-state index contributed by atoms with van der Waals surface area (Å²) in [5, 5.41) is 0. The number of hydrogen-bond acceptors (Lipinski definition) is 1. The Labute approximate surface area is 51.9 Å². The number of rotatable bonds is 1. The summed E-state index contributed by atoms with van der Waals surface area (Å²) in [6, 6.07) is 0. The van der Waals surface area contributed by atoms with E-state index >= 15 is 0 Å². The maximum absolute atomic E-state index is 9.72. The van der Waals surface area contributed by atoms with E-state index in [0.717, 1.165) is 0 Å². The van der Waals surface area contributed by atoms with Crippen molar-refractivity contribution in [3.05, 3.63) is 10.1 Å². The Balaban J connectivity index is 3.98. The molecule has 0 saturated carbocycles. The van der Waals surface area contributed by atoms with Crippen molar-refractivity contribution in [1.82, 2.24) is 0 Å². The van der Waals surface area contributed by atoms with Gasteiger partial charge in [-0.3, -0.25) is 4.79 Å². The number of allylic oxidation sites excluding steroid dienone is 1. The van der Waals surface area contributed by atoms with Crippen molar-refractivity contribution >= 4 is 29.5 Å². The zero-order chi connectivity index (χ0) is 5.86. The van der Waals surface area contributed by atoms with Crippen LogP contribution in [-0.2, 0) is 4.79 Å². The highest BCUT2D eigenvalue weighted by Gasteiger charge is 1.88. The van der Waals surface area contributed by atoms with Crippen LogP contribution in [0.3, 0.4) is 0 Å². The largest absolute Gasteiger partial charge is 0.298 e. The lowest BCUT2D eigenvalue weighted by Crippen LogP contribution is -1.73. The Morgan fingerprint density at radius 3 is 2.00 bits per heavy atom. The number of carbonyl (C=O) groups excluding carboxylic acids is 1. The lowest BCUT2D eigenvalue weighted by atomic mass is 10.4. The van der Waals surface area contributed by atoms with Crippen molar-refractivity contribution in [1.29, 1.82) is 0 Å². The second kappa shape index (κ2) is 3.05. The van der Waals surface area contributed by atoms with Crippen LogP contribution in [0.25, 0.3) is 0 Å². The van der Waals surface area contributed by atoms with E-state index < -0.39 is 0 Å². The molecule has 0 saturated heterocycles. The summed E-state index contributed by atoms with van der Waals surface area (Å²) >= 11 is 10.3. The molecule has 0 N–H and O–H groups in total. The Morgan fingerprint density at radius 2 is 2.00 bits per heavy atom. The van der Waals surface area contributed by atoms with Gasteiger partial charge in [0, 0.05) is 5.57 Å². The molecule has 1 nitrogen and oxygen atoms in total. The minimum atomic E-state index is 0.0370. The van der Waals surface area contributed by atoms with Crippen LogP contribution in [0.5, 0.6) is 0 Å². The molecule has 0 heterocycles. The standard InChI is InChI=1S/C4H4Cl2O/c1-3(2-7)4(5)6/h2H,1H3. The van der Waals surface area contributed by atoms with Gasteiger partial charge >= 0.3 is 0 Å². The lowest BCUT2D eigenvalue weighted by molar-refractivity contribution is -0.104. The highest BCUT2D eigenvalue weighted by atomic mass is 35.5. The summed E-state index contributed by atoms with van der Waals surface area (Å²) in [6.45, 7) is 1.54. The molecule has 0 aromatic rings. The van der Waals surface area contributed by atoms with E-state index in [1.54, 1.807) is 6.92 Å². The molecule has 0 aromatic carbocycles. The van der Waals surface area contributed by atoms with Crippen molar-refractivity contribution in [3.63, 3.8) is 0 Å². The van der Waals surface area contributed by atoms with E-state index in [1.165, 1.54) is 0 Å². The fraction of sp³-hybridized carbons (Fsp3) is 0.250. The van der Waals surface area contributed by atoms with E-state index in [1.807, 2.05) is 0 Å². The van der Waals surface area contributed by atoms with Gasteiger partial charge in [0.2, 0.25) is 0 Å². The van der Waals surface area contributed by atoms with Gasteiger partial charge in [-0.1, -0.05) is 23.2 Å². The highest BCUT2D eigenvalue weighted by Crippen LogP contribution is 2.10. The fourth-order valence-corrected chi connectivity index (χ4v) is 0.134. The summed E-state index contributed by atoms with van der Waals surface area (Å²) < 4.78 is 0.0370. The third-order valence-electron chi connectivity index (χ3n) is 0.475. The molecule has 0 rings (SSSR count). The van der Waals surface area contributed by atoms with E-state index in [-0.39, 0.29) is 4.49 Å². The van der Waals surface area contributed by atoms with Gasteiger partial charge < -0.3 is 0 Å². The summed E-state index contributed by atoms with van der Waals surface area (Å²) in [7, 11) is 0. The topological polar surface area (TPSA) is 17.1 Å². The molecule has 0 aliphatic rings. The molecular weight excluding hydrogens is 135 g/mol. The van der Waals surface area contributed by atoms with Gasteiger partial charge in [0.05, 0.1) is 0 Å². The fourth-order valence-electron chi connectivity index (χ4n) is 0.0445. The van der Waals surface area contributed by atoms with Crippen molar-refractivity contribution in [2.24, 2.45) is 0 Å². The third-order valence-corrected chi connectivity index (χ3v) is 1.07. The smallest absolute Gasteiger partial charge is 0.148 e. The van der Waals surface area contributed by atoms with Crippen molar-refractivity contribution in [3.8, 4) is 0 Å². The van der Waals surface area contributed by atoms with Crippen LogP contribution in [0.4, 0.5) is 0 Å². The van der Waals surface area contributed by atoms with Gasteiger partial charge in [0.1, 0.15) is 10.8 Å². The maximum Gasteiger partial charge on any atom is 0.148 e. The predicted octanol–water partition coefficient (Wildman–Crippen LogP) is 1.89. The van der Waals surface area contributed by atoms with Gasteiger partial charge in [-0.2, -0.15) is 0 Å². The van der Waals surface area contributed by atoms with E-state index in [2.05, 4.69) is 0 Å². The maximum atomic E-state index is 9.72. The van der Waals surface area contributed by atoms with Crippen molar-refractivity contribution in [2.75, 3.05) is 0 Å². The SMILES string of the molecule is CC(C=O)=C(Cl)Cl. The Hall–Kier alpha value is -0.0100. The Bertz CT molecular complexity index is 102. The normalized spacial score (nSPS) is 7.86. The summed E-state index contributed by atoms with van der Waals surface area (Å²) in [4.78, 5) is 9.72. The number of aldehydes is 1. The monoisotopic (exact) mass is 138 g/mol. The average Bonchev–Trinajstić information content (AvgIpc) is 1.65. The second-order valence-electron chi connectivity index (χ2n) is 1.06. The molecule has 0 unspecified atom stereocenters. The van der Waals surface area contributed by atoms with Crippen molar-refractivity contribution in [2.45, 2.75) is 6.92 Å². The highest BCUT2D eigenvalue weighted by molar-refractivity contribution is 6.57. The van der Waals surface area contributed by atoms with Gasteiger partial charge in [-0.25, -0.2) is 0 Å². The Morgan fingerprint density at radius 1 is 1.57 bits per heavy atom. The van der Waals surface area contributed by atoms with E-state index in [9.17, 15) is 4.79 Å². The molecule has 0 spiro atoms. The van der Waals surface area contributed by atoms with Crippen LogP contribution in [0.15, 0.2) is 10.1 Å². The zero-order valence-corrected chi connectivity index (χ0v) is 5.25. The van der Waals surface area contributed by atoms with E-state index in [4.69, 9.17) is 23.2 Å². The summed E-state index contributed by atoms with van der Waals surface area (Å²) in [5.41, 5.74) is 0.364. The molecule has 0 aliphatic heterocycles. The van der Waals surface area contributed by atoms with Crippen LogP contribution in [-0.4, -0.2) is 6.29 Å². The average molecular weight is 139 g/mol. The molecule has 0 aromatic heterocycles. The molecule has 0 aliphatic carbocycles. The van der Waals surface area contributed by atoms with Gasteiger partial charge in [-0.15, -0.1) is 0 Å². The molecule has 0 bridgehead atoms. The first kappa shape index (κ1) is 6.99. The molecular formula is C4H4Cl2O. The van der Waals surface area contributed by atoms with Crippen LogP contribution < -0.4 is 0 Å². The lowest BCUT2D eigenvalue weighted by Gasteiger charge is -1.81. The first-order chi connectivity index (χ1) is 3.18. The minimum absolute atomic E-state index is 0.0370. The molecule has 3 heteroatoms. The molecule has 0 radical (unpaired) electrons. The van der Waals surface area contributed by atoms with Crippen LogP contribution >= 0.6 is 23.2 Å². The van der Waals surface area contributed by atoms with Crippen molar-refractivity contribution < 1.29 is 4.79 Å². The predicted molar refractivity (Wildman–Crippen MR) is 30.5 cm³/mol. The number of hydrogen-bond donors (Lipinski definition) is 0. The quantitative estimate of drug-likeness (QED) is 0.400. The second-order valence-corrected chi connectivity index (χ2v) is 2.01.